The van der Waals surface area contributed by atoms with Crippen LogP contribution in [0.2, 0.25) is 0 Å². The van der Waals surface area contributed by atoms with Crippen molar-refractivity contribution in [1.82, 2.24) is 4.90 Å². The fourth-order valence-electron chi connectivity index (χ4n) is 6.04. The summed E-state index contributed by atoms with van der Waals surface area (Å²) in [5.74, 6) is 2.65. The maximum absolute atomic E-state index is 11.2. The van der Waals surface area contributed by atoms with Crippen molar-refractivity contribution >= 4 is 5.69 Å². The van der Waals surface area contributed by atoms with E-state index in [4.69, 9.17) is 14.2 Å². The van der Waals surface area contributed by atoms with Gasteiger partial charge in [0.25, 0.3) is 5.69 Å². The van der Waals surface area contributed by atoms with Gasteiger partial charge < -0.3 is 14.2 Å². The molecule has 0 aliphatic carbocycles. The lowest BCUT2D eigenvalue weighted by Crippen LogP contribution is -2.42. The largest absolute Gasteiger partial charge is 0.492 e. The van der Waals surface area contributed by atoms with Crippen molar-refractivity contribution in [1.29, 1.82) is 0 Å². The summed E-state index contributed by atoms with van der Waals surface area (Å²) in [6.45, 7) is 13.6. The molecule has 39 heavy (non-hydrogen) atoms. The first kappa shape index (κ1) is 27.0. The number of nitrogens with zero attached hydrogens (tertiary/aromatic N) is 2. The zero-order valence-electron chi connectivity index (χ0n) is 23.5. The van der Waals surface area contributed by atoms with Crippen molar-refractivity contribution in [2.24, 2.45) is 0 Å². The molecule has 3 aromatic rings. The Hall–Kier alpha value is -3.58. The lowest BCUT2D eigenvalue weighted by Gasteiger charge is -2.33. The van der Waals surface area contributed by atoms with Crippen LogP contribution < -0.4 is 14.2 Å². The van der Waals surface area contributed by atoms with E-state index in [2.05, 4.69) is 51.7 Å². The Balaban J connectivity index is 1.36. The normalized spacial score (nSPS) is 19.9. The molecule has 0 radical (unpaired) electrons. The molecule has 0 N–H and O–H groups in total. The molecular weight excluding hydrogens is 492 g/mol. The first-order valence-electron chi connectivity index (χ1n) is 13.8. The first-order chi connectivity index (χ1) is 18.7. The van der Waals surface area contributed by atoms with Crippen LogP contribution in [0.3, 0.4) is 0 Å². The van der Waals surface area contributed by atoms with Crippen molar-refractivity contribution in [3.8, 4) is 17.2 Å². The average molecular weight is 531 g/mol. The molecule has 0 saturated carbocycles. The lowest BCUT2D eigenvalue weighted by atomic mass is 9.82. The van der Waals surface area contributed by atoms with Gasteiger partial charge in [0.15, 0.2) is 0 Å². The van der Waals surface area contributed by atoms with Crippen LogP contribution >= 0.6 is 0 Å². The number of ether oxygens (including phenoxy) is 3. The molecule has 2 atom stereocenters. The summed E-state index contributed by atoms with van der Waals surface area (Å²) in [6, 6.07) is 16.9. The van der Waals surface area contributed by atoms with E-state index in [1.807, 2.05) is 18.2 Å². The van der Waals surface area contributed by atoms with Gasteiger partial charge in [0.05, 0.1) is 11.0 Å². The van der Waals surface area contributed by atoms with Crippen molar-refractivity contribution in [2.45, 2.75) is 71.6 Å². The molecule has 7 nitrogen and oxygen atoms in total. The van der Waals surface area contributed by atoms with Gasteiger partial charge in [0.2, 0.25) is 0 Å². The topological polar surface area (TPSA) is 74.1 Å². The second-order valence-corrected chi connectivity index (χ2v) is 11.3. The highest BCUT2D eigenvalue weighted by molar-refractivity contribution is 5.62. The third kappa shape index (κ3) is 5.46. The lowest BCUT2D eigenvalue weighted by molar-refractivity contribution is -0.384. The molecule has 0 amide bonds. The molecule has 1 saturated heterocycles. The SMILES string of the molecule is Cc1c(C)c2c(c(C)c1OCc1ccccc1)C(CN1CCC[C@H]1COc1cccc([N+](=O)[O-])c1)C(C)(C)O2. The van der Waals surface area contributed by atoms with E-state index in [1.165, 1.54) is 17.7 Å². The van der Waals surface area contributed by atoms with Gasteiger partial charge in [0.1, 0.15) is 36.1 Å². The number of hydrogen-bond acceptors (Lipinski definition) is 6. The summed E-state index contributed by atoms with van der Waals surface area (Å²) < 4.78 is 19.1. The van der Waals surface area contributed by atoms with Gasteiger partial charge >= 0.3 is 0 Å². The number of non-ortho nitro benzene ring substituents is 1. The van der Waals surface area contributed by atoms with Crippen LogP contribution in [0.25, 0.3) is 0 Å². The number of likely N-dealkylation sites (tertiary alicyclic amines) is 1. The molecule has 7 heteroatoms. The molecule has 2 heterocycles. The molecule has 2 aliphatic heterocycles. The van der Waals surface area contributed by atoms with E-state index in [0.717, 1.165) is 59.7 Å². The highest BCUT2D eigenvalue weighted by Crippen LogP contribution is 2.52. The molecule has 3 aromatic carbocycles. The van der Waals surface area contributed by atoms with E-state index in [1.54, 1.807) is 12.1 Å². The molecule has 5 rings (SSSR count). The molecule has 1 fully saturated rings. The van der Waals surface area contributed by atoms with E-state index in [0.29, 0.717) is 19.0 Å². The summed E-state index contributed by atoms with van der Waals surface area (Å²) in [5, 5.41) is 11.2. The number of nitro groups is 1. The molecule has 0 bridgehead atoms. The van der Waals surface area contributed by atoms with Crippen molar-refractivity contribution < 1.29 is 19.1 Å². The highest BCUT2D eigenvalue weighted by Gasteiger charge is 2.46. The Morgan fingerprint density at radius 2 is 1.79 bits per heavy atom. The van der Waals surface area contributed by atoms with Gasteiger partial charge in [-0.05, 0) is 82.3 Å². The van der Waals surface area contributed by atoms with Crippen LogP contribution in [0.4, 0.5) is 5.69 Å². The summed E-state index contributed by atoms with van der Waals surface area (Å²) in [5.41, 5.74) is 5.50. The van der Waals surface area contributed by atoms with Crippen molar-refractivity contribution in [3.05, 3.63) is 92.5 Å². The van der Waals surface area contributed by atoms with Gasteiger partial charge in [-0.2, -0.15) is 0 Å². The Kier molecular flexibility index (Phi) is 7.54. The molecule has 1 unspecified atom stereocenters. The number of benzene rings is 3. The van der Waals surface area contributed by atoms with E-state index in [-0.39, 0.29) is 23.2 Å². The maximum atomic E-state index is 11.2. The first-order valence-corrected chi connectivity index (χ1v) is 13.8. The quantitative estimate of drug-likeness (QED) is 0.221. The molecule has 0 spiro atoms. The number of hydrogen-bond donors (Lipinski definition) is 0. The summed E-state index contributed by atoms with van der Waals surface area (Å²) >= 11 is 0. The van der Waals surface area contributed by atoms with Crippen LogP contribution in [0.15, 0.2) is 54.6 Å². The maximum Gasteiger partial charge on any atom is 0.273 e. The van der Waals surface area contributed by atoms with Gasteiger partial charge in [-0.15, -0.1) is 0 Å². The highest BCUT2D eigenvalue weighted by atomic mass is 16.6. The van der Waals surface area contributed by atoms with Crippen LogP contribution in [-0.2, 0) is 6.61 Å². The third-order valence-corrected chi connectivity index (χ3v) is 8.40. The summed E-state index contributed by atoms with van der Waals surface area (Å²) in [4.78, 5) is 13.3. The van der Waals surface area contributed by atoms with Crippen LogP contribution in [-0.4, -0.2) is 41.2 Å². The Morgan fingerprint density at radius 1 is 1.03 bits per heavy atom. The second-order valence-electron chi connectivity index (χ2n) is 11.3. The van der Waals surface area contributed by atoms with Gasteiger partial charge in [-0.3, -0.25) is 15.0 Å². The predicted octanol–water partition coefficient (Wildman–Crippen LogP) is 6.90. The Bertz CT molecular complexity index is 1350. The fourth-order valence-corrected chi connectivity index (χ4v) is 6.04. The summed E-state index contributed by atoms with van der Waals surface area (Å²) in [7, 11) is 0. The fraction of sp³-hybridized carbons (Fsp3) is 0.438. The monoisotopic (exact) mass is 530 g/mol. The number of fused-ring (bicyclic) bond motifs is 1. The average Bonchev–Trinajstić information content (AvgIpc) is 3.48. The predicted molar refractivity (Wildman–Crippen MR) is 152 cm³/mol. The minimum absolute atomic E-state index is 0.0451. The van der Waals surface area contributed by atoms with Crippen LogP contribution in [0.5, 0.6) is 17.2 Å². The summed E-state index contributed by atoms with van der Waals surface area (Å²) in [6.07, 6.45) is 2.13. The molecular formula is C32H38N2O5. The van der Waals surface area contributed by atoms with E-state index >= 15 is 0 Å². The second kappa shape index (κ2) is 10.9. The third-order valence-electron chi connectivity index (χ3n) is 8.40. The van der Waals surface area contributed by atoms with Gasteiger partial charge in [-0.25, -0.2) is 0 Å². The number of rotatable bonds is 9. The van der Waals surface area contributed by atoms with E-state index < -0.39 is 4.92 Å². The molecule has 2 aliphatic rings. The molecule has 0 aromatic heterocycles. The smallest absolute Gasteiger partial charge is 0.273 e. The standard InChI is InChI=1S/C32H38N2O5/c1-21-22(2)31-29(23(3)30(21)38-19-24-11-7-6-8-12-24)28(32(4,5)39-31)18-33-16-10-14-26(33)20-37-27-15-9-13-25(17-27)34(35)36/h6-9,11-13,15,17,26,28H,10,14,16,18-20H2,1-5H3/t26-,28?/m0/s1. The van der Waals surface area contributed by atoms with E-state index in [9.17, 15) is 10.1 Å². The van der Waals surface area contributed by atoms with Crippen LogP contribution in [0.1, 0.15) is 60.4 Å². The van der Waals surface area contributed by atoms with Crippen molar-refractivity contribution in [3.63, 3.8) is 0 Å². The number of nitro benzene ring substituents is 1. The minimum Gasteiger partial charge on any atom is -0.492 e. The van der Waals surface area contributed by atoms with Gasteiger partial charge in [-0.1, -0.05) is 36.4 Å². The minimum atomic E-state index is -0.391. The van der Waals surface area contributed by atoms with Crippen molar-refractivity contribution in [2.75, 3.05) is 19.7 Å². The van der Waals surface area contributed by atoms with Gasteiger partial charge in [0, 0.05) is 30.1 Å². The molecule has 206 valence electrons. The Labute approximate surface area is 230 Å². The zero-order valence-corrected chi connectivity index (χ0v) is 23.5. The Morgan fingerprint density at radius 3 is 2.54 bits per heavy atom. The zero-order chi connectivity index (χ0) is 27.7. The van der Waals surface area contributed by atoms with Crippen LogP contribution in [0, 0.1) is 30.9 Å².